The van der Waals surface area contributed by atoms with E-state index in [4.69, 9.17) is 12.2 Å². The van der Waals surface area contributed by atoms with Crippen LogP contribution in [0.1, 0.15) is 20.8 Å². The van der Waals surface area contributed by atoms with Crippen LogP contribution in [0.25, 0.3) is 0 Å². The predicted molar refractivity (Wildman–Crippen MR) is 77.3 cm³/mol. The number of benzene rings is 1. The molecule has 0 aliphatic rings. The van der Waals surface area contributed by atoms with Crippen molar-refractivity contribution in [1.82, 2.24) is 5.32 Å². The van der Waals surface area contributed by atoms with Gasteiger partial charge in [0.1, 0.15) is 0 Å². The first kappa shape index (κ1) is 13.3. The van der Waals surface area contributed by atoms with Crippen LogP contribution in [0.4, 0.5) is 5.69 Å². The van der Waals surface area contributed by atoms with Crippen molar-refractivity contribution in [3.63, 3.8) is 0 Å². The van der Waals surface area contributed by atoms with Gasteiger partial charge < -0.3 is 10.6 Å². The molecule has 0 saturated heterocycles. The van der Waals surface area contributed by atoms with Gasteiger partial charge in [0.2, 0.25) is 0 Å². The summed E-state index contributed by atoms with van der Waals surface area (Å²) in [5, 5.41) is 7.11. The molecule has 2 nitrogen and oxygen atoms in total. The molecule has 0 fully saturated rings. The molecule has 0 amide bonds. The first-order chi connectivity index (χ1) is 7.42. The average molecular weight is 254 g/mol. The van der Waals surface area contributed by atoms with Crippen LogP contribution in [0.15, 0.2) is 29.2 Å². The molecule has 1 rings (SSSR count). The van der Waals surface area contributed by atoms with Crippen LogP contribution in [0, 0.1) is 0 Å². The fourth-order valence-electron chi connectivity index (χ4n) is 1.24. The van der Waals surface area contributed by atoms with Crippen LogP contribution in [0.5, 0.6) is 0 Å². The molecule has 0 aromatic heterocycles. The fourth-order valence-corrected chi connectivity index (χ4v) is 2.21. The second-order valence-corrected chi connectivity index (χ2v) is 5.79. The maximum Gasteiger partial charge on any atom is 0.171 e. The number of hydrogen-bond donors (Lipinski definition) is 2. The van der Waals surface area contributed by atoms with Crippen molar-refractivity contribution in [3.05, 3.63) is 24.3 Å². The van der Waals surface area contributed by atoms with Gasteiger partial charge in [-0.25, -0.2) is 0 Å². The number of hydrogen-bond acceptors (Lipinski definition) is 2. The van der Waals surface area contributed by atoms with Gasteiger partial charge in [-0.3, -0.25) is 0 Å². The van der Waals surface area contributed by atoms with Crippen molar-refractivity contribution in [2.45, 2.75) is 31.2 Å². The number of para-hydroxylation sites is 1. The molecular formula is C12H18N2S2. The molecule has 0 spiro atoms. The number of nitrogens with one attached hydrogen (secondary N) is 2. The molecule has 4 heteroatoms. The largest absolute Gasteiger partial charge is 0.358 e. The minimum atomic E-state index is -0.0155. The highest BCUT2D eigenvalue weighted by atomic mass is 32.2. The Morgan fingerprint density at radius 2 is 1.88 bits per heavy atom. The summed E-state index contributed by atoms with van der Waals surface area (Å²) >= 11 is 6.97. The maximum absolute atomic E-state index is 5.26. The van der Waals surface area contributed by atoms with Crippen molar-refractivity contribution < 1.29 is 0 Å². The monoisotopic (exact) mass is 254 g/mol. The molecule has 0 aliphatic heterocycles. The third-order valence-electron chi connectivity index (χ3n) is 1.84. The van der Waals surface area contributed by atoms with E-state index in [0.717, 1.165) is 5.69 Å². The van der Waals surface area contributed by atoms with Crippen LogP contribution in [0.2, 0.25) is 0 Å². The lowest BCUT2D eigenvalue weighted by molar-refractivity contribution is 0.515. The Kier molecular flexibility index (Phi) is 4.62. The molecule has 0 aliphatic carbocycles. The fraction of sp³-hybridized carbons (Fsp3) is 0.417. The summed E-state index contributed by atoms with van der Waals surface area (Å²) in [5.41, 5.74) is 1.04. The zero-order chi connectivity index (χ0) is 12.2. The van der Waals surface area contributed by atoms with Crippen LogP contribution in [-0.2, 0) is 0 Å². The van der Waals surface area contributed by atoms with E-state index < -0.39 is 0 Å². The molecule has 0 radical (unpaired) electrons. The Morgan fingerprint density at radius 3 is 2.44 bits per heavy atom. The quantitative estimate of drug-likeness (QED) is 0.623. The molecule has 0 unspecified atom stereocenters. The van der Waals surface area contributed by atoms with E-state index in [9.17, 15) is 0 Å². The summed E-state index contributed by atoms with van der Waals surface area (Å²) in [6, 6.07) is 8.13. The van der Waals surface area contributed by atoms with E-state index in [1.54, 1.807) is 11.8 Å². The van der Waals surface area contributed by atoms with Crippen LogP contribution >= 0.6 is 24.0 Å². The topological polar surface area (TPSA) is 24.1 Å². The molecule has 88 valence electrons. The second kappa shape index (κ2) is 5.55. The number of anilines is 1. The van der Waals surface area contributed by atoms with Gasteiger partial charge in [-0.1, -0.05) is 12.1 Å². The Balaban J connectivity index is 2.70. The van der Waals surface area contributed by atoms with Crippen molar-refractivity contribution in [2.24, 2.45) is 0 Å². The van der Waals surface area contributed by atoms with Gasteiger partial charge in [0.25, 0.3) is 0 Å². The third kappa shape index (κ3) is 4.41. The second-order valence-electron chi connectivity index (χ2n) is 4.53. The van der Waals surface area contributed by atoms with Gasteiger partial charge in [-0.05, 0) is 51.4 Å². The maximum atomic E-state index is 5.26. The summed E-state index contributed by atoms with van der Waals surface area (Å²) < 4.78 is 0. The molecule has 0 saturated carbocycles. The van der Waals surface area contributed by atoms with Gasteiger partial charge >= 0.3 is 0 Å². The van der Waals surface area contributed by atoms with E-state index >= 15 is 0 Å². The average Bonchev–Trinajstić information content (AvgIpc) is 2.15. The standard InChI is InChI=1S/C12H18N2S2/c1-12(2,3)14-11(15)13-9-7-5-6-8-10(9)16-4/h5-8H,1-4H3,(H2,13,14,15). The Morgan fingerprint density at radius 1 is 1.25 bits per heavy atom. The molecule has 1 aromatic rings. The molecular weight excluding hydrogens is 236 g/mol. The van der Waals surface area contributed by atoms with Crippen LogP contribution < -0.4 is 10.6 Å². The Bertz CT molecular complexity index is 370. The van der Waals surface area contributed by atoms with Gasteiger partial charge in [-0.2, -0.15) is 0 Å². The normalized spacial score (nSPS) is 11.0. The molecule has 0 atom stereocenters. The summed E-state index contributed by atoms with van der Waals surface area (Å²) in [7, 11) is 0. The third-order valence-corrected chi connectivity index (χ3v) is 2.84. The summed E-state index contributed by atoms with van der Waals surface area (Å²) in [4.78, 5) is 1.19. The van der Waals surface area contributed by atoms with Crippen molar-refractivity contribution in [1.29, 1.82) is 0 Å². The van der Waals surface area contributed by atoms with Gasteiger partial charge in [0.15, 0.2) is 5.11 Å². The van der Waals surface area contributed by atoms with Crippen molar-refractivity contribution in [3.8, 4) is 0 Å². The van der Waals surface area contributed by atoms with E-state index in [2.05, 4.69) is 43.7 Å². The highest BCUT2D eigenvalue weighted by Gasteiger charge is 2.11. The summed E-state index contributed by atoms with van der Waals surface area (Å²) in [6.07, 6.45) is 2.06. The SMILES string of the molecule is CSc1ccccc1NC(=S)NC(C)(C)C. The van der Waals surface area contributed by atoms with E-state index in [-0.39, 0.29) is 5.54 Å². The van der Waals surface area contributed by atoms with Gasteiger partial charge in [0, 0.05) is 10.4 Å². The summed E-state index contributed by atoms with van der Waals surface area (Å²) in [5.74, 6) is 0. The molecule has 1 aromatic carbocycles. The zero-order valence-electron chi connectivity index (χ0n) is 10.1. The molecule has 0 heterocycles. The highest BCUT2D eigenvalue weighted by Crippen LogP contribution is 2.24. The van der Waals surface area contributed by atoms with Crippen LogP contribution in [-0.4, -0.2) is 16.9 Å². The molecule has 0 bridgehead atoms. The molecule has 16 heavy (non-hydrogen) atoms. The van der Waals surface area contributed by atoms with Crippen LogP contribution in [0.3, 0.4) is 0 Å². The van der Waals surface area contributed by atoms with Crippen molar-refractivity contribution >= 4 is 34.8 Å². The van der Waals surface area contributed by atoms with Gasteiger partial charge in [0.05, 0.1) is 5.69 Å². The first-order valence-corrected chi connectivity index (χ1v) is 6.78. The highest BCUT2D eigenvalue weighted by molar-refractivity contribution is 7.98. The van der Waals surface area contributed by atoms with E-state index in [1.807, 2.05) is 18.2 Å². The lowest BCUT2D eigenvalue weighted by Crippen LogP contribution is -2.43. The minimum absolute atomic E-state index is 0.0155. The minimum Gasteiger partial charge on any atom is -0.358 e. The Labute approximate surface area is 107 Å². The Hall–Kier alpha value is -0.740. The lowest BCUT2D eigenvalue weighted by Gasteiger charge is -2.23. The smallest absolute Gasteiger partial charge is 0.171 e. The summed E-state index contributed by atoms with van der Waals surface area (Å²) in [6.45, 7) is 6.25. The van der Waals surface area contributed by atoms with E-state index in [1.165, 1.54) is 4.90 Å². The first-order valence-electron chi connectivity index (χ1n) is 5.14. The van der Waals surface area contributed by atoms with E-state index in [0.29, 0.717) is 5.11 Å². The van der Waals surface area contributed by atoms with Gasteiger partial charge in [-0.15, -0.1) is 11.8 Å². The number of rotatable bonds is 2. The molecule has 2 N–H and O–H groups in total. The lowest BCUT2D eigenvalue weighted by atomic mass is 10.1. The zero-order valence-corrected chi connectivity index (χ0v) is 11.8. The number of thiocarbonyl (C=S) groups is 1. The van der Waals surface area contributed by atoms with Crippen molar-refractivity contribution in [2.75, 3.05) is 11.6 Å². The number of thioether (sulfide) groups is 1. The predicted octanol–water partition coefficient (Wildman–Crippen LogP) is 3.49.